The van der Waals surface area contributed by atoms with E-state index in [1.165, 1.54) is 11.8 Å². The first-order valence-corrected chi connectivity index (χ1v) is 9.46. The van der Waals surface area contributed by atoms with Gasteiger partial charge in [-0.1, -0.05) is 55.7 Å². The van der Waals surface area contributed by atoms with E-state index in [1.54, 1.807) is 18.2 Å². The minimum absolute atomic E-state index is 0.143. The molecule has 0 aliphatic carbocycles. The maximum absolute atomic E-state index is 12.1. The summed E-state index contributed by atoms with van der Waals surface area (Å²) >= 11 is 13.2. The summed E-state index contributed by atoms with van der Waals surface area (Å²) in [5, 5.41) is 13.0. The maximum atomic E-state index is 12.1. The minimum atomic E-state index is -0.143. The second-order valence-electron chi connectivity index (χ2n) is 5.64. The highest BCUT2D eigenvalue weighted by Crippen LogP contribution is 2.24. The zero-order valence-corrected chi connectivity index (χ0v) is 16.2. The van der Waals surface area contributed by atoms with Gasteiger partial charge in [-0.2, -0.15) is 0 Å². The Bertz CT molecular complexity index is 698. The van der Waals surface area contributed by atoms with Crippen molar-refractivity contribution in [3.8, 4) is 0 Å². The summed E-state index contributed by atoms with van der Waals surface area (Å²) in [6, 6.07) is 4.94. The SMILES string of the molecule is CCCn1c(SCC(=O)Nc2cc(Cl)cc(Cl)c2)nnc1C(C)C. The molecule has 0 saturated heterocycles. The molecule has 1 amide bonds. The third-order valence-corrected chi connectivity index (χ3v) is 4.59. The average molecular weight is 387 g/mol. The van der Waals surface area contributed by atoms with E-state index in [9.17, 15) is 4.79 Å². The van der Waals surface area contributed by atoms with Gasteiger partial charge in [0, 0.05) is 28.2 Å². The number of benzene rings is 1. The van der Waals surface area contributed by atoms with Crippen molar-refractivity contribution in [2.75, 3.05) is 11.1 Å². The normalized spacial score (nSPS) is 11.1. The third kappa shape index (κ3) is 5.13. The Labute approximate surface area is 156 Å². The lowest BCUT2D eigenvalue weighted by Gasteiger charge is -2.11. The first kappa shape index (κ1) is 19.1. The van der Waals surface area contributed by atoms with Crippen LogP contribution in [0, 0.1) is 0 Å². The van der Waals surface area contributed by atoms with Gasteiger partial charge in [-0.25, -0.2) is 0 Å². The van der Waals surface area contributed by atoms with Gasteiger partial charge in [0.25, 0.3) is 0 Å². The van der Waals surface area contributed by atoms with Crippen molar-refractivity contribution in [3.05, 3.63) is 34.1 Å². The van der Waals surface area contributed by atoms with Crippen LogP contribution in [-0.4, -0.2) is 26.4 Å². The Kier molecular flexibility index (Phi) is 6.95. The number of rotatable bonds is 7. The number of nitrogens with zero attached hydrogens (tertiary/aromatic N) is 3. The number of aromatic nitrogens is 3. The molecule has 130 valence electrons. The van der Waals surface area contributed by atoms with Crippen LogP contribution in [0.1, 0.15) is 38.9 Å². The molecule has 0 bridgehead atoms. The second-order valence-corrected chi connectivity index (χ2v) is 7.46. The third-order valence-electron chi connectivity index (χ3n) is 3.19. The van der Waals surface area contributed by atoms with Crippen molar-refractivity contribution in [1.82, 2.24) is 14.8 Å². The van der Waals surface area contributed by atoms with Crippen LogP contribution in [0.5, 0.6) is 0 Å². The van der Waals surface area contributed by atoms with E-state index in [0.29, 0.717) is 21.7 Å². The zero-order chi connectivity index (χ0) is 17.7. The molecule has 8 heteroatoms. The van der Waals surface area contributed by atoms with Gasteiger partial charge >= 0.3 is 0 Å². The van der Waals surface area contributed by atoms with Crippen LogP contribution < -0.4 is 5.32 Å². The summed E-state index contributed by atoms with van der Waals surface area (Å²) < 4.78 is 2.08. The summed E-state index contributed by atoms with van der Waals surface area (Å²) in [6.45, 7) is 7.11. The lowest BCUT2D eigenvalue weighted by atomic mass is 10.2. The number of hydrogen-bond acceptors (Lipinski definition) is 4. The number of carbonyl (C=O) groups excluding carboxylic acids is 1. The maximum Gasteiger partial charge on any atom is 0.234 e. The molecular formula is C16H20Cl2N4OS. The Morgan fingerprint density at radius 3 is 2.50 bits per heavy atom. The van der Waals surface area contributed by atoms with Gasteiger partial charge in [0.1, 0.15) is 5.82 Å². The molecule has 2 aromatic rings. The highest BCUT2D eigenvalue weighted by molar-refractivity contribution is 7.99. The highest BCUT2D eigenvalue weighted by Gasteiger charge is 2.16. The molecule has 0 fully saturated rings. The smallest absolute Gasteiger partial charge is 0.234 e. The minimum Gasteiger partial charge on any atom is -0.325 e. The molecule has 1 aromatic carbocycles. The molecule has 24 heavy (non-hydrogen) atoms. The van der Waals surface area contributed by atoms with E-state index in [1.807, 2.05) is 0 Å². The van der Waals surface area contributed by atoms with E-state index in [2.05, 4.69) is 40.9 Å². The first-order chi connectivity index (χ1) is 11.4. The van der Waals surface area contributed by atoms with Crippen LogP contribution in [0.3, 0.4) is 0 Å². The molecule has 0 atom stereocenters. The fourth-order valence-corrected chi connectivity index (χ4v) is 3.52. The largest absolute Gasteiger partial charge is 0.325 e. The second kappa shape index (κ2) is 8.74. The molecule has 1 heterocycles. The van der Waals surface area contributed by atoms with E-state index in [-0.39, 0.29) is 11.7 Å². The highest BCUT2D eigenvalue weighted by atomic mass is 35.5. The summed E-state index contributed by atoms with van der Waals surface area (Å²) in [4.78, 5) is 12.1. The number of thioether (sulfide) groups is 1. The number of anilines is 1. The topological polar surface area (TPSA) is 59.8 Å². The first-order valence-electron chi connectivity index (χ1n) is 7.72. The number of amides is 1. The summed E-state index contributed by atoms with van der Waals surface area (Å²) in [5.74, 6) is 1.34. The molecule has 1 N–H and O–H groups in total. The monoisotopic (exact) mass is 386 g/mol. The van der Waals surface area contributed by atoms with Gasteiger partial charge < -0.3 is 9.88 Å². The van der Waals surface area contributed by atoms with E-state index >= 15 is 0 Å². The predicted molar refractivity (Wildman–Crippen MR) is 100 cm³/mol. The van der Waals surface area contributed by atoms with Crippen molar-refractivity contribution in [1.29, 1.82) is 0 Å². The molecule has 1 aromatic heterocycles. The van der Waals surface area contributed by atoms with Crippen molar-refractivity contribution >= 4 is 46.6 Å². The standard InChI is InChI=1S/C16H20Cl2N4OS/c1-4-5-22-15(10(2)3)20-21-16(22)24-9-14(23)19-13-7-11(17)6-12(18)8-13/h6-8,10H,4-5,9H2,1-3H3,(H,19,23). The molecule has 0 aliphatic heterocycles. The number of hydrogen-bond donors (Lipinski definition) is 1. The fourth-order valence-electron chi connectivity index (χ4n) is 2.22. The number of halogens is 2. The quantitative estimate of drug-likeness (QED) is 0.690. The zero-order valence-electron chi connectivity index (χ0n) is 13.8. The van der Waals surface area contributed by atoms with Crippen LogP contribution in [0.25, 0.3) is 0 Å². The van der Waals surface area contributed by atoms with Crippen molar-refractivity contribution in [3.63, 3.8) is 0 Å². The molecule has 0 saturated carbocycles. The number of carbonyl (C=O) groups is 1. The van der Waals surface area contributed by atoms with Gasteiger partial charge in [-0.3, -0.25) is 4.79 Å². The van der Waals surface area contributed by atoms with Crippen LogP contribution in [0.15, 0.2) is 23.4 Å². The molecule has 2 rings (SSSR count). The Morgan fingerprint density at radius 2 is 1.92 bits per heavy atom. The molecule has 5 nitrogen and oxygen atoms in total. The van der Waals surface area contributed by atoms with Gasteiger partial charge in [0.2, 0.25) is 5.91 Å². The average Bonchev–Trinajstić information content (AvgIpc) is 2.87. The van der Waals surface area contributed by atoms with Crippen LogP contribution in [0.4, 0.5) is 5.69 Å². The lowest BCUT2D eigenvalue weighted by molar-refractivity contribution is -0.113. The van der Waals surface area contributed by atoms with E-state index < -0.39 is 0 Å². The summed E-state index contributed by atoms with van der Waals surface area (Å²) in [5.41, 5.74) is 0.580. The molecule has 0 unspecified atom stereocenters. The Morgan fingerprint density at radius 1 is 1.25 bits per heavy atom. The van der Waals surface area contributed by atoms with Crippen LogP contribution >= 0.6 is 35.0 Å². The summed E-state index contributed by atoms with van der Waals surface area (Å²) in [7, 11) is 0. The van der Waals surface area contributed by atoms with Crippen molar-refractivity contribution in [2.45, 2.75) is 44.8 Å². The van der Waals surface area contributed by atoms with Crippen molar-refractivity contribution < 1.29 is 4.79 Å². The van der Waals surface area contributed by atoms with Crippen molar-refractivity contribution in [2.24, 2.45) is 0 Å². The Balaban J connectivity index is 2.01. The fraction of sp³-hybridized carbons (Fsp3) is 0.438. The van der Waals surface area contributed by atoms with Gasteiger partial charge in [-0.05, 0) is 24.6 Å². The van der Waals surface area contributed by atoms with Crippen LogP contribution in [0.2, 0.25) is 10.0 Å². The molecule has 0 radical (unpaired) electrons. The Hall–Kier alpha value is -1.24. The van der Waals surface area contributed by atoms with E-state index in [4.69, 9.17) is 23.2 Å². The molecular weight excluding hydrogens is 367 g/mol. The van der Waals surface area contributed by atoms with Gasteiger partial charge in [-0.15, -0.1) is 10.2 Å². The van der Waals surface area contributed by atoms with Gasteiger partial charge in [0.15, 0.2) is 5.16 Å². The molecule has 0 spiro atoms. The van der Waals surface area contributed by atoms with Gasteiger partial charge in [0.05, 0.1) is 5.75 Å². The number of nitrogens with one attached hydrogen (secondary N) is 1. The van der Waals surface area contributed by atoms with Crippen LogP contribution in [-0.2, 0) is 11.3 Å². The lowest BCUT2D eigenvalue weighted by Crippen LogP contribution is -2.15. The predicted octanol–water partition coefficient (Wildman–Crippen LogP) is 4.85. The van der Waals surface area contributed by atoms with E-state index in [0.717, 1.165) is 23.9 Å². The summed E-state index contributed by atoms with van der Waals surface area (Å²) in [6.07, 6.45) is 0.985. The molecule has 0 aliphatic rings.